The monoisotopic (exact) mass is 474 g/mol. The quantitative estimate of drug-likeness (QED) is 0.639. The molecule has 2 aliphatic rings. The van der Waals surface area contributed by atoms with Crippen molar-refractivity contribution in [1.29, 1.82) is 0 Å². The second-order valence-corrected chi connectivity index (χ2v) is 8.17. The molecule has 0 atom stereocenters. The number of hydrogen-bond donors (Lipinski definition) is 1. The highest BCUT2D eigenvalue weighted by Gasteiger charge is 2.21. The van der Waals surface area contributed by atoms with Crippen molar-refractivity contribution in [3.05, 3.63) is 41.0 Å². The molecule has 0 aliphatic carbocycles. The van der Waals surface area contributed by atoms with Crippen LogP contribution in [-0.4, -0.2) is 74.3 Å². The highest BCUT2D eigenvalue weighted by Crippen LogP contribution is 2.37. The van der Waals surface area contributed by atoms with E-state index in [2.05, 4.69) is 20.1 Å². The van der Waals surface area contributed by atoms with Gasteiger partial charge >= 0.3 is 5.97 Å². The predicted octanol–water partition coefficient (Wildman–Crippen LogP) is 2.83. The number of nitrogens with one attached hydrogen (secondary N) is 1. The average Bonchev–Trinajstić information content (AvgIpc) is 3.05. The van der Waals surface area contributed by atoms with Crippen molar-refractivity contribution in [2.45, 2.75) is 13.3 Å². The van der Waals surface area contributed by atoms with Crippen molar-refractivity contribution in [3.8, 4) is 11.5 Å². The second-order valence-electron chi connectivity index (χ2n) is 7.77. The second kappa shape index (κ2) is 10.7. The summed E-state index contributed by atoms with van der Waals surface area (Å²) in [6, 6.07) is 6.93. The zero-order valence-corrected chi connectivity index (χ0v) is 19.3. The Kier molecular flexibility index (Phi) is 7.51. The van der Waals surface area contributed by atoms with Gasteiger partial charge in [0.1, 0.15) is 5.82 Å². The Morgan fingerprint density at radius 1 is 1.12 bits per heavy atom. The molecule has 0 saturated carbocycles. The Bertz CT molecular complexity index is 993. The molecular formula is C23H27ClN4O5. The van der Waals surface area contributed by atoms with Crippen molar-refractivity contribution in [2.75, 3.05) is 62.8 Å². The van der Waals surface area contributed by atoms with E-state index in [4.69, 9.17) is 25.8 Å². The van der Waals surface area contributed by atoms with E-state index in [0.717, 1.165) is 25.3 Å². The highest BCUT2D eigenvalue weighted by molar-refractivity contribution is 6.34. The Balaban J connectivity index is 1.28. The summed E-state index contributed by atoms with van der Waals surface area (Å²) in [6.45, 7) is 6.37. The molecule has 3 heterocycles. The average molecular weight is 475 g/mol. The number of hydrogen-bond acceptors (Lipinski definition) is 8. The number of nitrogens with zero attached hydrogens (tertiary/aromatic N) is 3. The molecule has 1 fully saturated rings. The topological polar surface area (TPSA) is 93.2 Å². The van der Waals surface area contributed by atoms with Crippen LogP contribution in [0.4, 0.5) is 11.5 Å². The molecule has 9 nitrogen and oxygen atoms in total. The van der Waals surface area contributed by atoms with Gasteiger partial charge in [-0.2, -0.15) is 0 Å². The van der Waals surface area contributed by atoms with Crippen molar-refractivity contribution in [3.63, 3.8) is 0 Å². The lowest BCUT2D eigenvalue weighted by Crippen LogP contribution is -2.48. The van der Waals surface area contributed by atoms with E-state index < -0.39 is 0 Å². The number of fused-ring (bicyclic) bond motifs is 1. The van der Waals surface area contributed by atoms with Crippen LogP contribution in [0.5, 0.6) is 11.5 Å². The van der Waals surface area contributed by atoms with Crippen molar-refractivity contribution in [2.24, 2.45) is 0 Å². The van der Waals surface area contributed by atoms with Crippen LogP contribution in [0.2, 0.25) is 5.02 Å². The van der Waals surface area contributed by atoms with E-state index >= 15 is 0 Å². The number of pyridine rings is 1. The minimum atomic E-state index is -0.374. The van der Waals surface area contributed by atoms with E-state index in [1.807, 2.05) is 6.07 Å². The summed E-state index contributed by atoms with van der Waals surface area (Å²) in [5.74, 6) is 1.46. The molecule has 0 unspecified atom stereocenters. The number of piperazine rings is 1. The summed E-state index contributed by atoms with van der Waals surface area (Å²) >= 11 is 6.33. The minimum Gasteiger partial charge on any atom is -0.490 e. The van der Waals surface area contributed by atoms with Crippen LogP contribution in [0, 0.1) is 0 Å². The number of esters is 1. The van der Waals surface area contributed by atoms with Gasteiger partial charge in [0, 0.05) is 50.9 Å². The molecule has 1 N–H and O–H groups in total. The van der Waals surface area contributed by atoms with Crippen LogP contribution < -0.4 is 19.7 Å². The molecule has 33 heavy (non-hydrogen) atoms. The molecular weight excluding hydrogens is 448 g/mol. The fourth-order valence-electron chi connectivity index (χ4n) is 3.72. The lowest BCUT2D eigenvalue weighted by atomic mass is 10.2. The first kappa shape index (κ1) is 23.1. The maximum atomic E-state index is 12.6. The Morgan fingerprint density at radius 3 is 2.52 bits per heavy atom. The van der Waals surface area contributed by atoms with Crippen molar-refractivity contribution < 1.29 is 23.8 Å². The molecule has 10 heteroatoms. The zero-order valence-electron chi connectivity index (χ0n) is 18.5. The summed E-state index contributed by atoms with van der Waals surface area (Å²) < 4.78 is 16.3. The van der Waals surface area contributed by atoms with E-state index in [9.17, 15) is 9.59 Å². The van der Waals surface area contributed by atoms with Crippen LogP contribution in [0.3, 0.4) is 0 Å². The number of benzene rings is 1. The molecule has 176 valence electrons. The van der Waals surface area contributed by atoms with Crippen LogP contribution in [0.25, 0.3) is 0 Å². The maximum absolute atomic E-state index is 12.6. The van der Waals surface area contributed by atoms with E-state index in [1.54, 1.807) is 25.1 Å². The third-order valence-electron chi connectivity index (χ3n) is 5.43. The molecule has 2 aromatic rings. The highest BCUT2D eigenvalue weighted by atomic mass is 35.5. The normalized spacial score (nSPS) is 16.1. The maximum Gasteiger partial charge on any atom is 0.339 e. The summed E-state index contributed by atoms with van der Waals surface area (Å²) in [7, 11) is 0. The van der Waals surface area contributed by atoms with Crippen LogP contribution >= 0.6 is 11.6 Å². The molecule has 1 amide bonds. The molecule has 1 saturated heterocycles. The van der Waals surface area contributed by atoms with Gasteiger partial charge in [-0.15, -0.1) is 0 Å². The fourth-order valence-corrected chi connectivity index (χ4v) is 3.92. The third kappa shape index (κ3) is 5.85. The number of halogens is 1. The summed E-state index contributed by atoms with van der Waals surface area (Å²) in [4.78, 5) is 33.0. The smallest absolute Gasteiger partial charge is 0.339 e. The number of carbonyl (C=O) groups excluding carboxylic acids is 2. The Hall–Kier alpha value is -3.04. The molecule has 4 rings (SSSR count). The van der Waals surface area contributed by atoms with E-state index in [-0.39, 0.29) is 18.4 Å². The van der Waals surface area contributed by atoms with Gasteiger partial charge < -0.3 is 24.4 Å². The predicted molar refractivity (Wildman–Crippen MR) is 125 cm³/mol. The standard InChI is InChI=1S/C23H27ClN4O5/c1-2-31-23(30)16-4-5-21(25-14-16)28-8-6-27(7-9-28)15-22(29)26-18-13-20-19(12-17(18)24)32-10-3-11-33-20/h4-5,12-14H,2-3,6-11,15H2,1H3,(H,26,29). The zero-order chi connectivity index (χ0) is 23.2. The SMILES string of the molecule is CCOC(=O)c1ccc(N2CCN(CC(=O)Nc3cc4c(cc3Cl)OCCCO4)CC2)nc1. The number of carbonyl (C=O) groups is 2. The van der Waals surface area contributed by atoms with Gasteiger partial charge in [0.05, 0.1) is 42.6 Å². The van der Waals surface area contributed by atoms with Crippen molar-refractivity contribution in [1.82, 2.24) is 9.88 Å². The lowest BCUT2D eigenvalue weighted by Gasteiger charge is -2.35. The first-order chi connectivity index (χ1) is 16.0. The largest absolute Gasteiger partial charge is 0.490 e. The van der Waals surface area contributed by atoms with Gasteiger partial charge in [0.2, 0.25) is 5.91 Å². The first-order valence-corrected chi connectivity index (χ1v) is 11.4. The molecule has 2 aliphatic heterocycles. The number of aromatic nitrogens is 1. The number of ether oxygens (including phenoxy) is 3. The molecule has 0 bridgehead atoms. The van der Waals surface area contributed by atoms with Gasteiger partial charge in [-0.3, -0.25) is 9.69 Å². The van der Waals surface area contributed by atoms with Gasteiger partial charge in [-0.05, 0) is 19.1 Å². The summed E-state index contributed by atoms with van der Waals surface area (Å²) in [6.07, 6.45) is 2.33. The number of anilines is 2. The van der Waals surface area contributed by atoms with Crippen LogP contribution in [0.15, 0.2) is 30.5 Å². The third-order valence-corrected chi connectivity index (χ3v) is 5.75. The van der Waals surface area contributed by atoms with Gasteiger partial charge in [0.25, 0.3) is 0 Å². The number of amides is 1. The van der Waals surface area contributed by atoms with Crippen molar-refractivity contribution >= 4 is 35.0 Å². The van der Waals surface area contributed by atoms with Crippen LogP contribution in [0.1, 0.15) is 23.7 Å². The summed E-state index contributed by atoms with van der Waals surface area (Å²) in [5, 5.41) is 3.29. The molecule has 1 aromatic carbocycles. The minimum absolute atomic E-state index is 0.142. The van der Waals surface area contributed by atoms with E-state index in [1.165, 1.54) is 6.20 Å². The van der Waals surface area contributed by atoms with Gasteiger partial charge in [0.15, 0.2) is 11.5 Å². The van der Waals surface area contributed by atoms with E-state index in [0.29, 0.717) is 60.7 Å². The molecule has 1 aromatic heterocycles. The molecule has 0 spiro atoms. The number of rotatable bonds is 6. The lowest BCUT2D eigenvalue weighted by molar-refractivity contribution is -0.117. The van der Waals surface area contributed by atoms with Gasteiger partial charge in [-0.25, -0.2) is 9.78 Å². The molecule has 0 radical (unpaired) electrons. The Morgan fingerprint density at radius 2 is 1.85 bits per heavy atom. The summed E-state index contributed by atoms with van der Waals surface area (Å²) in [5.41, 5.74) is 0.944. The Labute approximate surface area is 197 Å². The first-order valence-electron chi connectivity index (χ1n) is 11.0. The van der Waals surface area contributed by atoms with Crippen LogP contribution in [-0.2, 0) is 9.53 Å². The fraction of sp³-hybridized carbons (Fsp3) is 0.435. The van der Waals surface area contributed by atoms with Gasteiger partial charge in [-0.1, -0.05) is 11.6 Å².